The van der Waals surface area contributed by atoms with Crippen molar-refractivity contribution in [2.75, 3.05) is 26.2 Å². The highest BCUT2D eigenvalue weighted by atomic mass is 35.5. The molecule has 0 aliphatic carbocycles. The molecule has 0 saturated carbocycles. The molecule has 0 spiro atoms. The summed E-state index contributed by atoms with van der Waals surface area (Å²) in [6, 6.07) is 6.81. The number of rotatable bonds is 7. The number of hydrogen-bond donors (Lipinski definition) is 1. The van der Waals surface area contributed by atoms with Gasteiger partial charge in [-0.3, -0.25) is 24.6 Å². The number of non-ortho nitro benzene ring substituents is 1. The molecule has 11 heteroatoms. The Hall–Kier alpha value is -2.20. The molecule has 1 saturated heterocycles. The highest BCUT2D eigenvalue weighted by molar-refractivity contribution is 7.16. The number of nitro groups is 1. The van der Waals surface area contributed by atoms with Gasteiger partial charge in [-0.15, -0.1) is 11.3 Å². The molecule has 3 rings (SSSR count). The monoisotopic (exact) mass is 498 g/mol. The number of thiophene rings is 1. The third-order valence-electron chi connectivity index (χ3n) is 5.32. The number of nitrogens with one attached hydrogen (secondary N) is 1. The number of piperazine rings is 1. The molecule has 1 aromatic heterocycles. The fourth-order valence-corrected chi connectivity index (χ4v) is 4.91. The van der Waals surface area contributed by atoms with E-state index in [4.69, 9.17) is 23.2 Å². The minimum Gasteiger partial charge on any atom is -0.340 e. The van der Waals surface area contributed by atoms with Crippen molar-refractivity contribution in [3.63, 3.8) is 0 Å². The third kappa shape index (κ3) is 5.98. The normalized spacial score (nSPS) is 15.6. The van der Waals surface area contributed by atoms with Crippen molar-refractivity contribution >= 4 is 52.0 Å². The van der Waals surface area contributed by atoms with E-state index in [2.05, 4.69) is 10.2 Å². The van der Waals surface area contributed by atoms with E-state index in [0.29, 0.717) is 13.1 Å². The quantitative estimate of drug-likeness (QED) is 0.458. The van der Waals surface area contributed by atoms with Crippen LogP contribution >= 0.6 is 34.5 Å². The van der Waals surface area contributed by atoms with Gasteiger partial charge in [-0.25, -0.2) is 0 Å². The number of hydrogen-bond acceptors (Lipinski definition) is 6. The molecular formula is C21H24Cl2N4O4S. The molecule has 2 heterocycles. The summed E-state index contributed by atoms with van der Waals surface area (Å²) in [7, 11) is 0. The van der Waals surface area contributed by atoms with Crippen LogP contribution in [0.25, 0.3) is 0 Å². The van der Waals surface area contributed by atoms with Gasteiger partial charge >= 0.3 is 0 Å². The molecule has 1 fully saturated rings. The maximum absolute atomic E-state index is 13.2. The highest BCUT2D eigenvalue weighted by Crippen LogP contribution is 2.24. The number of nitrogens with zero attached hydrogens (tertiary/aromatic N) is 3. The molecule has 1 N–H and O–H groups in total. The molecule has 1 atom stereocenters. The van der Waals surface area contributed by atoms with Gasteiger partial charge in [0.15, 0.2) is 0 Å². The molecule has 1 aliphatic rings. The van der Waals surface area contributed by atoms with Crippen molar-refractivity contribution in [2.24, 2.45) is 5.92 Å². The zero-order valence-corrected chi connectivity index (χ0v) is 20.0. The van der Waals surface area contributed by atoms with Gasteiger partial charge in [-0.05, 0) is 24.1 Å². The average Bonchev–Trinajstić information content (AvgIpc) is 3.16. The van der Waals surface area contributed by atoms with E-state index < -0.39 is 16.9 Å². The van der Waals surface area contributed by atoms with Crippen molar-refractivity contribution in [2.45, 2.75) is 26.4 Å². The zero-order chi connectivity index (χ0) is 23.4. The summed E-state index contributed by atoms with van der Waals surface area (Å²) in [5, 5.41) is 13.6. The first kappa shape index (κ1) is 24.4. The van der Waals surface area contributed by atoms with Crippen LogP contribution in [0.3, 0.4) is 0 Å². The van der Waals surface area contributed by atoms with E-state index >= 15 is 0 Å². The largest absolute Gasteiger partial charge is 0.340 e. The highest BCUT2D eigenvalue weighted by Gasteiger charge is 2.31. The van der Waals surface area contributed by atoms with Crippen LogP contribution in [-0.4, -0.2) is 58.8 Å². The van der Waals surface area contributed by atoms with Crippen LogP contribution in [0.2, 0.25) is 9.36 Å². The number of carbonyl (C=O) groups is 2. The maximum atomic E-state index is 13.2. The summed E-state index contributed by atoms with van der Waals surface area (Å²) in [6.45, 7) is 7.10. The van der Waals surface area contributed by atoms with Crippen LogP contribution in [0, 0.1) is 16.0 Å². The molecule has 0 unspecified atom stereocenters. The number of amides is 2. The maximum Gasteiger partial charge on any atom is 0.270 e. The topological polar surface area (TPSA) is 95.8 Å². The average molecular weight is 499 g/mol. The van der Waals surface area contributed by atoms with Gasteiger partial charge in [-0.2, -0.15) is 0 Å². The second-order valence-corrected chi connectivity index (χ2v) is 10.1. The Bertz CT molecular complexity index is 1010. The van der Waals surface area contributed by atoms with Crippen molar-refractivity contribution < 1.29 is 14.5 Å². The second kappa shape index (κ2) is 10.6. The lowest BCUT2D eigenvalue weighted by atomic mass is 10.0. The first-order chi connectivity index (χ1) is 15.2. The second-order valence-electron chi connectivity index (χ2n) is 7.92. The van der Waals surface area contributed by atoms with Crippen LogP contribution in [0.1, 0.15) is 29.1 Å². The van der Waals surface area contributed by atoms with Gasteiger partial charge in [0.25, 0.3) is 11.6 Å². The Labute approximate surface area is 200 Å². The third-order valence-corrected chi connectivity index (χ3v) is 6.85. The van der Waals surface area contributed by atoms with E-state index in [9.17, 15) is 19.7 Å². The predicted octanol–water partition coefficient (Wildman–Crippen LogP) is 4.06. The number of benzene rings is 1. The van der Waals surface area contributed by atoms with E-state index in [1.54, 1.807) is 16.2 Å². The molecular weight excluding hydrogens is 475 g/mol. The Morgan fingerprint density at radius 2 is 1.84 bits per heavy atom. The minimum atomic E-state index is -0.726. The first-order valence-corrected chi connectivity index (χ1v) is 11.7. The number of nitro benzene ring substituents is 1. The van der Waals surface area contributed by atoms with Gasteiger partial charge in [-0.1, -0.05) is 37.0 Å². The van der Waals surface area contributed by atoms with Crippen molar-refractivity contribution in [3.8, 4) is 0 Å². The minimum absolute atomic E-state index is 0.0334. The van der Waals surface area contributed by atoms with Gasteiger partial charge in [0.1, 0.15) is 6.04 Å². The fraction of sp³-hybridized carbons (Fsp3) is 0.429. The Morgan fingerprint density at radius 1 is 1.16 bits per heavy atom. The van der Waals surface area contributed by atoms with Crippen molar-refractivity contribution in [3.05, 3.63) is 60.2 Å². The molecule has 0 bridgehead atoms. The van der Waals surface area contributed by atoms with Crippen LogP contribution < -0.4 is 5.32 Å². The Balaban J connectivity index is 1.61. The summed E-state index contributed by atoms with van der Waals surface area (Å²) in [5.41, 5.74) is -0.110. The molecule has 8 nitrogen and oxygen atoms in total. The predicted molar refractivity (Wildman–Crippen MR) is 125 cm³/mol. The van der Waals surface area contributed by atoms with Gasteiger partial charge in [0.2, 0.25) is 5.91 Å². The zero-order valence-electron chi connectivity index (χ0n) is 17.7. The Kier molecular flexibility index (Phi) is 8.10. The lowest BCUT2D eigenvalue weighted by Gasteiger charge is -2.37. The smallest absolute Gasteiger partial charge is 0.270 e. The number of halogens is 2. The number of carbonyl (C=O) groups excluding carboxylic acids is 2. The standard InChI is InChI=1S/C21H24Cl2N4O4S/c1-13(2)19(24-20(28)16-5-3-14(27(30)31)11-17(16)22)21(29)26-9-7-25(8-10-26)12-15-4-6-18(23)32-15/h3-6,11,13,19H,7-10,12H2,1-2H3,(H,24,28)/t19-/m0/s1. The summed E-state index contributed by atoms with van der Waals surface area (Å²) < 4.78 is 0.762. The summed E-state index contributed by atoms with van der Waals surface area (Å²) in [4.78, 5) is 41.4. The SMILES string of the molecule is CC(C)[C@H](NC(=O)c1ccc([N+](=O)[O-])cc1Cl)C(=O)N1CCN(Cc2ccc(Cl)s2)CC1. The van der Waals surface area contributed by atoms with Crippen LogP contribution in [0.15, 0.2) is 30.3 Å². The van der Waals surface area contributed by atoms with E-state index in [0.717, 1.165) is 30.0 Å². The van der Waals surface area contributed by atoms with Crippen molar-refractivity contribution in [1.82, 2.24) is 15.1 Å². The van der Waals surface area contributed by atoms with Crippen LogP contribution in [-0.2, 0) is 11.3 Å². The van der Waals surface area contributed by atoms with Crippen molar-refractivity contribution in [1.29, 1.82) is 0 Å². The van der Waals surface area contributed by atoms with E-state index in [1.165, 1.54) is 17.0 Å². The van der Waals surface area contributed by atoms with Gasteiger partial charge in [0, 0.05) is 49.7 Å². The molecule has 2 aromatic rings. The summed E-state index contributed by atoms with van der Waals surface area (Å²) in [5.74, 6) is -0.829. The van der Waals surface area contributed by atoms with Crippen LogP contribution in [0.4, 0.5) is 5.69 Å². The lowest BCUT2D eigenvalue weighted by molar-refractivity contribution is -0.384. The summed E-state index contributed by atoms with van der Waals surface area (Å²) >= 11 is 13.6. The molecule has 1 aromatic carbocycles. The molecule has 172 valence electrons. The first-order valence-electron chi connectivity index (χ1n) is 10.2. The molecule has 0 radical (unpaired) electrons. The van der Waals surface area contributed by atoms with Gasteiger partial charge < -0.3 is 10.2 Å². The molecule has 32 heavy (non-hydrogen) atoms. The fourth-order valence-electron chi connectivity index (χ4n) is 3.51. The molecule has 2 amide bonds. The lowest BCUT2D eigenvalue weighted by Crippen LogP contribution is -2.56. The molecule has 1 aliphatic heterocycles. The van der Waals surface area contributed by atoms with Gasteiger partial charge in [0.05, 0.1) is 19.8 Å². The van der Waals surface area contributed by atoms with E-state index in [-0.39, 0.29) is 28.1 Å². The van der Waals surface area contributed by atoms with E-state index in [1.807, 2.05) is 26.0 Å². The van der Waals surface area contributed by atoms with Crippen LogP contribution in [0.5, 0.6) is 0 Å². The summed E-state index contributed by atoms with van der Waals surface area (Å²) in [6.07, 6.45) is 0. The Morgan fingerprint density at radius 3 is 2.38 bits per heavy atom.